The third-order valence-corrected chi connectivity index (χ3v) is 1.16. The van der Waals surface area contributed by atoms with E-state index in [-0.39, 0.29) is 24.0 Å². The largest absolute Gasteiger partial charge is 0.430 e. The lowest BCUT2D eigenvalue weighted by atomic mass is 10.2. The molecule has 1 rings (SSSR count). The Labute approximate surface area is 76.6 Å². The van der Waals surface area contributed by atoms with E-state index in [1.165, 1.54) is 20.1 Å². The average molecular weight is 184 g/mol. The molecule has 72 valence electrons. The molecule has 0 unspecified atom stereocenters. The monoisotopic (exact) mass is 184 g/mol. The lowest BCUT2D eigenvalue weighted by molar-refractivity contribution is -0.138. The van der Waals surface area contributed by atoms with Gasteiger partial charge in [0.15, 0.2) is 0 Å². The first-order chi connectivity index (χ1) is 5.93. The second-order valence-corrected chi connectivity index (χ2v) is 2.79. The summed E-state index contributed by atoms with van der Waals surface area (Å²) >= 11 is 0. The van der Waals surface area contributed by atoms with Gasteiger partial charge in [0.1, 0.15) is 17.8 Å². The van der Waals surface area contributed by atoms with Crippen molar-refractivity contribution in [2.75, 3.05) is 0 Å². The van der Waals surface area contributed by atoms with Crippen LogP contribution in [0.1, 0.15) is 27.2 Å². The minimum absolute atomic E-state index is 0.0625. The molecule has 0 atom stereocenters. The van der Waals surface area contributed by atoms with E-state index < -0.39 is 0 Å². The van der Waals surface area contributed by atoms with E-state index in [9.17, 15) is 14.4 Å². The van der Waals surface area contributed by atoms with E-state index in [0.29, 0.717) is 5.57 Å². The van der Waals surface area contributed by atoms with E-state index in [0.717, 1.165) is 0 Å². The Balaban J connectivity index is 0.000000223. The predicted octanol–water partition coefficient (Wildman–Crippen LogP) is 1.00. The van der Waals surface area contributed by atoms with Crippen LogP contribution in [-0.2, 0) is 19.1 Å². The number of carbonyl (C=O) groups is 3. The van der Waals surface area contributed by atoms with Gasteiger partial charge in [0.25, 0.3) is 0 Å². The van der Waals surface area contributed by atoms with E-state index in [1.807, 2.05) is 0 Å². The van der Waals surface area contributed by atoms with Crippen molar-refractivity contribution in [3.8, 4) is 0 Å². The van der Waals surface area contributed by atoms with Crippen LogP contribution < -0.4 is 0 Å². The maximum absolute atomic E-state index is 10.0. The first-order valence-electron chi connectivity index (χ1n) is 3.80. The molecule has 0 aromatic rings. The number of ether oxygens (including phenoxy) is 1. The normalized spacial score (nSPS) is 12.8. The van der Waals surface area contributed by atoms with E-state index in [4.69, 9.17) is 0 Å². The highest BCUT2D eigenvalue weighted by molar-refractivity contribution is 5.96. The molecule has 0 N–H and O–H groups in total. The van der Waals surface area contributed by atoms with E-state index in [1.54, 1.807) is 6.92 Å². The van der Waals surface area contributed by atoms with Gasteiger partial charge in [-0.25, -0.2) is 4.79 Å². The molecule has 1 aliphatic heterocycles. The van der Waals surface area contributed by atoms with Crippen LogP contribution in [0.2, 0.25) is 0 Å². The fourth-order valence-corrected chi connectivity index (χ4v) is 0.575. The number of rotatable bonds is 2. The van der Waals surface area contributed by atoms with Gasteiger partial charge in [-0.15, -0.1) is 0 Å². The molecule has 13 heavy (non-hydrogen) atoms. The number of hydrogen-bond donors (Lipinski definition) is 0. The molecule has 0 saturated heterocycles. The van der Waals surface area contributed by atoms with Crippen molar-refractivity contribution < 1.29 is 19.1 Å². The van der Waals surface area contributed by atoms with Crippen molar-refractivity contribution in [3.63, 3.8) is 0 Å². The van der Waals surface area contributed by atoms with Crippen LogP contribution in [0, 0.1) is 0 Å². The Morgan fingerprint density at radius 1 is 1.31 bits per heavy atom. The van der Waals surface area contributed by atoms with Gasteiger partial charge in [-0.1, -0.05) is 0 Å². The summed E-state index contributed by atoms with van der Waals surface area (Å²) < 4.78 is 4.24. The van der Waals surface area contributed by atoms with Gasteiger partial charge in [-0.05, 0) is 20.8 Å². The minimum atomic E-state index is -0.199. The zero-order valence-corrected chi connectivity index (χ0v) is 7.92. The quantitative estimate of drug-likeness (QED) is 0.474. The highest BCUT2D eigenvalue weighted by Gasteiger charge is 2.12. The summed E-state index contributed by atoms with van der Waals surface area (Å²) in [6.07, 6.45) is 1.52. The molecule has 1 heterocycles. The summed E-state index contributed by atoms with van der Waals surface area (Å²) in [5.41, 5.74) is 0.704. The maximum atomic E-state index is 10.0. The topological polar surface area (TPSA) is 60.4 Å². The van der Waals surface area contributed by atoms with Gasteiger partial charge in [0.05, 0.1) is 12.0 Å². The molecule has 0 bridgehead atoms. The Morgan fingerprint density at radius 3 is 1.69 bits per heavy atom. The fourth-order valence-electron chi connectivity index (χ4n) is 0.575. The van der Waals surface area contributed by atoms with Crippen LogP contribution >= 0.6 is 0 Å². The van der Waals surface area contributed by atoms with Crippen LogP contribution in [0.5, 0.6) is 0 Å². The maximum Gasteiger partial charge on any atom is 0.341 e. The summed E-state index contributed by atoms with van der Waals surface area (Å²) in [5.74, 6) is -0.324. The van der Waals surface area contributed by atoms with Crippen molar-refractivity contribution in [1.82, 2.24) is 0 Å². The molecule has 4 heteroatoms. The lowest BCUT2D eigenvalue weighted by Crippen LogP contribution is -2.10. The molecule has 0 aliphatic carbocycles. The SMILES string of the molecule is CC(=O)CC(C)=O.CC1=COC1=O. The van der Waals surface area contributed by atoms with Crippen LogP contribution in [0.3, 0.4) is 0 Å². The molecule has 1 aliphatic rings. The summed E-state index contributed by atoms with van der Waals surface area (Å²) in [5, 5.41) is 0. The molecule has 0 amide bonds. The summed E-state index contributed by atoms with van der Waals surface area (Å²) in [6, 6.07) is 0. The smallest absolute Gasteiger partial charge is 0.341 e. The highest BCUT2D eigenvalue weighted by Crippen LogP contribution is 2.06. The summed E-state index contributed by atoms with van der Waals surface area (Å²) in [7, 11) is 0. The minimum Gasteiger partial charge on any atom is -0.430 e. The van der Waals surface area contributed by atoms with E-state index >= 15 is 0 Å². The van der Waals surface area contributed by atoms with Crippen LogP contribution in [0.4, 0.5) is 0 Å². The zero-order chi connectivity index (χ0) is 10.4. The Morgan fingerprint density at radius 2 is 1.69 bits per heavy atom. The van der Waals surface area contributed by atoms with Crippen LogP contribution in [-0.4, -0.2) is 17.5 Å². The fraction of sp³-hybridized carbons (Fsp3) is 0.444. The third kappa shape index (κ3) is 5.78. The molecule has 0 spiro atoms. The molecule has 4 nitrogen and oxygen atoms in total. The molecular weight excluding hydrogens is 172 g/mol. The number of cyclic esters (lactones) is 1. The number of ketones is 2. The Kier molecular flexibility index (Phi) is 4.66. The van der Waals surface area contributed by atoms with E-state index in [2.05, 4.69) is 4.74 Å². The van der Waals surface area contributed by atoms with Gasteiger partial charge in [0, 0.05) is 0 Å². The molecule has 0 aromatic carbocycles. The second-order valence-electron chi connectivity index (χ2n) is 2.79. The predicted molar refractivity (Wildman–Crippen MR) is 45.8 cm³/mol. The highest BCUT2D eigenvalue weighted by atomic mass is 16.5. The van der Waals surface area contributed by atoms with Gasteiger partial charge >= 0.3 is 5.97 Å². The molecule has 0 fully saturated rings. The average Bonchev–Trinajstić information content (AvgIpc) is 2.00. The van der Waals surface area contributed by atoms with Gasteiger partial charge in [0.2, 0.25) is 0 Å². The number of esters is 1. The second kappa shape index (κ2) is 5.24. The summed E-state index contributed by atoms with van der Waals surface area (Å²) in [6.45, 7) is 4.52. The lowest BCUT2D eigenvalue weighted by Gasteiger charge is -2.05. The first kappa shape index (κ1) is 11.6. The molecule has 0 saturated carbocycles. The zero-order valence-electron chi connectivity index (χ0n) is 7.92. The number of hydrogen-bond acceptors (Lipinski definition) is 4. The molecule has 0 radical (unpaired) electrons. The Hall–Kier alpha value is -1.45. The molecule has 0 aromatic heterocycles. The third-order valence-electron chi connectivity index (χ3n) is 1.16. The van der Waals surface area contributed by atoms with Gasteiger partial charge in [-0.2, -0.15) is 0 Å². The van der Waals surface area contributed by atoms with Crippen LogP contribution in [0.25, 0.3) is 0 Å². The summed E-state index contributed by atoms with van der Waals surface area (Å²) in [4.78, 5) is 30.0. The van der Waals surface area contributed by atoms with Crippen LogP contribution in [0.15, 0.2) is 11.8 Å². The standard InChI is InChI=1S/C5H8O2.C4H4O2/c1-4(6)3-5(2)7;1-3-2-6-4(3)5/h3H2,1-2H3;2H,1H3. The number of Topliss-reactive ketones (excluding diaryl/α,β-unsaturated/α-hetero) is 2. The van der Waals surface area contributed by atoms with Crippen molar-refractivity contribution in [1.29, 1.82) is 0 Å². The van der Waals surface area contributed by atoms with Gasteiger partial charge in [-0.3, -0.25) is 9.59 Å². The van der Waals surface area contributed by atoms with Crippen molar-refractivity contribution in [2.45, 2.75) is 27.2 Å². The van der Waals surface area contributed by atoms with Crippen molar-refractivity contribution >= 4 is 17.5 Å². The molecular formula is C9H12O4. The number of carbonyl (C=O) groups excluding carboxylic acids is 3. The Bertz CT molecular complexity index is 251. The van der Waals surface area contributed by atoms with Gasteiger partial charge < -0.3 is 4.74 Å². The van der Waals surface area contributed by atoms with Crippen molar-refractivity contribution in [2.24, 2.45) is 0 Å². The van der Waals surface area contributed by atoms with Crippen molar-refractivity contribution in [3.05, 3.63) is 11.8 Å². The first-order valence-corrected chi connectivity index (χ1v) is 3.80.